The summed E-state index contributed by atoms with van der Waals surface area (Å²) in [5, 5.41) is 14.6. The molecule has 0 aliphatic rings. The van der Waals surface area contributed by atoms with Gasteiger partial charge in [-0.1, -0.05) is 41.9 Å². The van der Waals surface area contributed by atoms with Crippen molar-refractivity contribution in [2.24, 2.45) is 0 Å². The lowest BCUT2D eigenvalue weighted by atomic mass is 10.1. The van der Waals surface area contributed by atoms with Gasteiger partial charge in [-0.15, -0.1) is 0 Å². The van der Waals surface area contributed by atoms with Gasteiger partial charge in [0.25, 0.3) is 0 Å². The van der Waals surface area contributed by atoms with Gasteiger partial charge in [0.2, 0.25) is 0 Å². The van der Waals surface area contributed by atoms with Crippen LogP contribution < -0.4 is 4.74 Å². The van der Waals surface area contributed by atoms with E-state index in [4.69, 9.17) is 21.1 Å². The molecule has 0 amide bonds. The third-order valence-electron chi connectivity index (χ3n) is 4.65. The molecule has 2 aromatic carbocycles. The fourth-order valence-electron chi connectivity index (χ4n) is 2.91. The highest BCUT2D eigenvalue weighted by atomic mass is 35.5. The predicted octanol–water partition coefficient (Wildman–Crippen LogP) is 5.03. The zero-order chi connectivity index (χ0) is 21.7. The van der Waals surface area contributed by atoms with Crippen LogP contribution in [-0.2, 0) is 22.7 Å². The number of carboxylic acids is 1. The number of ether oxygens (including phenoxy) is 2. The number of benzene rings is 2. The molecule has 1 aromatic heterocycles. The summed E-state index contributed by atoms with van der Waals surface area (Å²) >= 11 is 6.35. The Hall–Kier alpha value is -2.83. The number of hydrogen-bond donors (Lipinski definition) is 1. The molecule has 0 atom stereocenters. The van der Waals surface area contributed by atoms with Crippen LogP contribution in [0, 0.1) is 0 Å². The molecule has 0 aliphatic heterocycles. The van der Waals surface area contributed by atoms with Crippen molar-refractivity contribution in [3.63, 3.8) is 0 Å². The minimum absolute atomic E-state index is 0.0764. The van der Waals surface area contributed by atoms with E-state index in [1.807, 2.05) is 66.2 Å². The maximum Gasteiger partial charge on any atom is 0.335 e. The summed E-state index contributed by atoms with van der Waals surface area (Å²) in [5.41, 5.74) is 2.06. The standard InChI is InChI=1S/C23H25ClN2O4/c1-4-29-19-10-7-9-16(12-19)21-13-18(15-30-23(2,3)22(27)28)25-26(21)14-17-8-5-6-11-20(17)24/h5-13H,4,14-15H2,1-3H3,(H,27,28). The van der Waals surface area contributed by atoms with Gasteiger partial charge in [-0.05, 0) is 50.6 Å². The van der Waals surface area contributed by atoms with Crippen molar-refractivity contribution in [1.29, 1.82) is 0 Å². The van der Waals surface area contributed by atoms with Crippen molar-refractivity contribution in [3.05, 3.63) is 70.9 Å². The Kier molecular flexibility index (Phi) is 6.80. The Bertz CT molecular complexity index is 1030. The molecule has 1 heterocycles. The maximum atomic E-state index is 11.3. The third kappa shape index (κ3) is 5.20. The highest BCUT2D eigenvalue weighted by molar-refractivity contribution is 6.31. The van der Waals surface area contributed by atoms with Crippen molar-refractivity contribution in [2.45, 2.75) is 39.5 Å². The Balaban J connectivity index is 1.96. The van der Waals surface area contributed by atoms with Gasteiger partial charge in [0.05, 0.1) is 31.1 Å². The van der Waals surface area contributed by atoms with Crippen LogP contribution in [0.25, 0.3) is 11.3 Å². The molecule has 0 fully saturated rings. The van der Waals surface area contributed by atoms with Crippen molar-refractivity contribution in [1.82, 2.24) is 9.78 Å². The minimum atomic E-state index is -1.30. The molecule has 0 unspecified atom stereocenters. The molecule has 1 N–H and O–H groups in total. The number of aliphatic carboxylic acids is 1. The number of nitrogens with zero attached hydrogens (tertiary/aromatic N) is 2. The fourth-order valence-corrected chi connectivity index (χ4v) is 3.10. The van der Waals surface area contributed by atoms with Gasteiger partial charge in [0.1, 0.15) is 5.75 Å². The SMILES string of the molecule is CCOc1cccc(-c2cc(COC(C)(C)C(=O)O)nn2Cc2ccccc2Cl)c1. The lowest BCUT2D eigenvalue weighted by Gasteiger charge is -2.19. The monoisotopic (exact) mass is 428 g/mol. The van der Waals surface area contributed by atoms with Crippen LogP contribution in [0.3, 0.4) is 0 Å². The second kappa shape index (κ2) is 9.32. The summed E-state index contributed by atoms with van der Waals surface area (Å²) in [6, 6.07) is 17.3. The second-order valence-corrected chi connectivity index (χ2v) is 7.74. The van der Waals surface area contributed by atoms with E-state index in [1.165, 1.54) is 13.8 Å². The molecule has 158 valence electrons. The number of rotatable bonds is 9. The predicted molar refractivity (Wildman–Crippen MR) is 116 cm³/mol. The molecular formula is C23H25ClN2O4. The molecule has 0 bridgehead atoms. The fraction of sp³-hybridized carbons (Fsp3) is 0.304. The topological polar surface area (TPSA) is 73.6 Å². The van der Waals surface area contributed by atoms with Crippen LogP contribution in [0.15, 0.2) is 54.6 Å². The molecular weight excluding hydrogens is 404 g/mol. The van der Waals surface area contributed by atoms with Gasteiger partial charge in [0, 0.05) is 10.6 Å². The molecule has 6 nitrogen and oxygen atoms in total. The van der Waals surface area contributed by atoms with E-state index in [1.54, 1.807) is 0 Å². The molecule has 3 aromatic rings. The number of hydrogen-bond acceptors (Lipinski definition) is 4. The minimum Gasteiger partial charge on any atom is -0.494 e. The first-order valence-electron chi connectivity index (χ1n) is 9.71. The van der Waals surface area contributed by atoms with Crippen LogP contribution >= 0.6 is 11.6 Å². The van der Waals surface area contributed by atoms with E-state index in [-0.39, 0.29) is 6.61 Å². The number of halogens is 1. The first kappa shape index (κ1) is 21.9. The van der Waals surface area contributed by atoms with Crippen LogP contribution in [0.5, 0.6) is 5.75 Å². The molecule has 0 spiro atoms. The number of aromatic nitrogens is 2. The van der Waals surface area contributed by atoms with Gasteiger partial charge < -0.3 is 14.6 Å². The van der Waals surface area contributed by atoms with Gasteiger partial charge >= 0.3 is 5.97 Å². The Morgan fingerprint density at radius 2 is 1.93 bits per heavy atom. The van der Waals surface area contributed by atoms with Gasteiger partial charge in [-0.2, -0.15) is 5.10 Å². The van der Waals surface area contributed by atoms with Crippen molar-refractivity contribution < 1.29 is 19.4 Å². The van der Waals surface area contributed by atoms with E-state index in [9.17, 15) is 9.90 Å². The Labute approximate surface area is 181 Å². The van der Waals surface area contributed by atoms with Crippen LogP contribution in [0.4, 0.5) is 0 Å². The van der Waals surface area contributed by atoms with Gasteiger partial charge in [-0.25, -0.2) is 4.79 Å². The first-order valence-corrected chi connectivity index (χ1v) is 10.1. The normalized spacial score (nSPS) is 11.5. The van der Waals surface area contributed by atoms with E-state index >= 15 is 0 Å². The van der Waals surface area contributed by atoms with E-state index in [2.05, 4.69) is 5.10 Å². The highest BCUT2D eigenvalue weighted by Crippen LogP contribution is 2.27. The summed E-state index contributed by atoms with van der Waals surface area (Å²) in [6.07, 6.45) is 0. The molecule has 7 heteroatoms. The van der Waals surface area contributed by atoms with Gasteiger partial charge in [-0.3, -0.25) is 4.68 Å². The molecule has 0 radical (unpaired) electrons. The van der Waals surface area contributed by atoms with Crippen molar-refractivity contribution >= 4 is 17.6 Å². The average Bonchev–Trinajstić information content (AvgIpc) is 3.11. The summed E-state index contributed by atoms with van der Waals surface area (Å²) < 4.78 is 13.1. The van der Waals surface area contributed by atoms with Crippen LogP contribution in [0.2, 0.25) is 5.02 Å². The number of carboxylic acid groups (broad SMARTS) is 1. The van der Waals surface area contributed by atoms with E-state index in [0.29, 0.717) is 23.9 Å². The van der Waals surface area contributed by atoms with Crippen LogP contribution in [-0.4, -0.2) is 33.1 Å². The number of carbonyl (C=O) groups is 1. The summed E-state index contributed by atoms with van der Waals surface area (Å²) in [4.78, 5) is 11.3. The summed E-state index contributed by atoms with van der Waals surface area (Å²) in [5.74, 6) is -0.257. The second-order valence-electron chi connectivity index (χ2n) is 7.33. The van der Waals surface area contributed by atoms with Gasteiger partial charge in [0.15, 0.2) is 5.60 Å². The largest absolute Gasteiger partial charge is 0.494 e. The average molecular weight is 429 g/mol. The third-order valence-corrected chi connectivity index (χ3v) is 5.01. The quantitative estimate of drug-likeness (QED) is 0.517. The van der Waals surface area contributed by atoms with Crippen molar-refractivity contribution in [2.75, 3.05) is 6.61 Å². The summed E-state index contributed by atoms with van der Waals surface area (Å²) in [7, 11) is 0. The zero-order valence-corrected chi connectivity index (χ0v) is 18.0. The maximum absolute atomic E-state index is 11.3. The molecule has 30 heavy (non-hydrogen) atoms. The first-order chi connectivity index (χ1) is 14.3. The van der Waals surface area contributed by atoms with Crippen molar-refractivity contribution in [3.8, 4) is 17.0 Å². The molecule has 0 saturated carbocycles. The van der Waals surface area contributed by atoms with E-state index < -0.39 is 11.6 Å². The highest BCUT2D eigenvalue weighted by Gasteiger charge is 2.28. The molecule has 3 rings (SSSR count). The summed E-state index contributed by atoms with van der Waals surface area (Å²) in [6.45, 7) is 6.09. The zero-order valence-electron chi connectivity index (χ0n) is 17.3. The lowest BCUT2D eigenvalue weighted by Crippen LogP contribution is -2.34. The van der Waals surface area contributed by atoms with Crippen LogP contribution in [0.1, 0.15) is 32.0 Å². The molecule has 0 aliphatic carbocycles. The Morgan fingerprint density at radius 3 is 2.63 bits per heavy atom. The molecule has 0 saturated heterocycles. The lowest BCUT2D eigenvalue weighted by molar-refractivity contribution is -0.162. The smallest absolute Gasteiger partial charge is 0.335 e. The van der Waals surface area contributed by atoms with E-state index in [0.717, 1.165) is 22.6 Å². The Morgan fingerprint density at radius 1 is 1.17 bits per heavy atom.